The van der Waals surface area contributed by atoms with Gasteiger partial charge >= 0.3 is 0 Å². The summed E-state index contributed by atoms with van der Waals surface area (Å²) < 4.78 is 0. The Morgan fingerprint density at radius 2 is 1.81 bits per heavy atom. The van der Waals surface area contributed by atoms with Crippen LogP contribution in [0.1, 0.15) is 52.4 Å². The van der Waals surface area contributed by atoms with E-state index in [1.807, 2.05) is 0 Å². The van der Waals surface area contributed by atoms with E-state index in [0.717, 1.165) is 24.4 Å². The van der Waals surface area contributed by atoms with Crippen molar-refractivity contribution in [1.82, 2.24) is 4.90 Å². The van der Waals surface area contributed by atoms with E-state index < -0.39 is 0 Å². The number of nitrogens with zero attached hydrogens (tertiary/aromatic N) is 1. The third kappa shape index (κ3) is 2.78. The van der Waals surface area contributed by atoms with E-state index in [9.17, 15) is 0 Å². The summed E-state index contributed by atoms with van der Waals surface area (Å²) in [6, 6.07) is 1.16. The van der Waals surface area contributed by atoms with Crippen LogP contribution in [-0.4, -0.2) is 30.1 Å². The van der Waals surface area contributed by atoms with Gasteiger partial charge in [-0.15, -0.1) is 0 Å². The molecule has 0 radical (unpaired) electrons. The SMILES string of the molecule is CC1CCCN(CC(N)C2CCCC2)C1C. The normalized spacial score (nSPS) is 35.4. The van der Waals surface area contributed by atoms with Gasteiger partial charge in [-0.2, -0.15) is 0 Å². The minimum absolute atomic E-state index is 0.426. The van der Waals surface area contributed by atoms with Gasteiger partial charge in [-0.05, 0) is 51.0 Å². The van der Waals surface area contributed by atoms with Crippen molar-refractivity contribution in [1.29, 1.82) is 0 Å². The molecule has 2 heteroatoms. The number of likely N-dealkylation sites (tertiary alicyclic amines) is 1. The average Bonchev–Trinajstić information content (AvgIpc) is 2.78. The molecule has 3 atom stereocenters. The molecule has 0 aromatic heterocycles. The summed E-state index contributed by atoms with van der Waals surface area (Å²) in [6.07, 6.45) is 8.33. The number of rotatable bonds is 3. The smallest absolute Gasteiger partial charge is 0.0196 e. The maximum Gasteiger partial charge on any atom is 0.0196 e. The lowest BCUT2D eigenvalue weighted by Crippen LogP contribution is -2.49. The quantitative estimate of drug-likeness (QED) is 0.798. The van der Waals surface area contributed by atoms with E-state index in [0.29, 0.717) is 6.04 Å². The van der Waals surface area contributed by atoms with Crippen molar-refractivity contribution in [3.05, 3.63) is 0 Å². The predicted molar refractivity (Wildman–Crippen MR) is 69.4 cm³/mol. The molecule has 2 N–H and O–H groups in total. The van der Waals surface area contributed by atoms with Gasteiger partial charge in [-0.3, -0.25) is 4.90 Å². The summed E-state index contributed by atoms with van der Waals surface area (Å²) in [4.78, 5) is 2.64. The summed E-state index contributed by atoms with van der Waals surface area (Å²) in [5.41, 5.74) is 6.38. The molecule has 1 aliphatic heterocycles. The fraction of sp³-hybridized carbons (Fsp3) is 1.00. The van der Waals surface area contributed by atoms with E-state index in [2.05, 4.69) is 18.7 Å². The summed E-state index contributed by atoms with van der Waals surface area (Å²) in [5, 5.41) is 0. The van der Waals surface area contributed by atoms with Gasteiger partial charge in [0.05, 0.1) is 0 Å². The van der Waals surface area contributed by atoms with Crippen molar-refractivity contribution < 1.29 is 0 Å². The Balaban J connectivity index is 1.83. The van der Waals surface area contributed by atoms with Crippen molar-refractivity contribution in [2.75, 3.05) is 13.1 Å². The third-order valence-corrected chi connectivity index (χ3v) is 4.95. The Morgan fingerprint density at radius 1 is 1.12 bits per heavy atom. The molecule has 2 rings (SSSR count). The molecule has 94 valence electrons. The summed E-state index contributed by atoms with van der Waals surface area (Å²) in [6.45, 7) is 7.17. The monoisotopic (exact) mass is 224 g/mol. The lowest BCUT2D eigenvalue weighted by atomic mass is 9.90. The molecule has 0 spiro atoms. The van der Waals surface area contributed by atoms with Crippen molar-refractivity contribution in [2.45, 2.75) is 64.5 Å². The fourth-order valence-corrected chi connectivity index (χ4v) is 3.48. The predicted octanol–water partition coefficient (Wildman–Crippen LogP) is 2.62. The Labute approximate surface area is 101 Å². The zero-order chi connectivity index (χ0) is 11.5. The summed E-state index contributed by atoms with van der Waals surface area (Å²) in [7, 11) is 0. The molecule has 2 aliphatic rings. The van der Waals surface area contributed by atoms with E-state index in [-0.39, 0.29) is 0 Å². The van der Waals surface area contributed by atoms with Crippen LogP contribution in [-0.2, 0) is 0 Å². The minimum Gasteiger partial charge on any atom is -0.326 e. The molecule has 1 saturated heterocycles. The topological polar surface area (TPSA) is 29.3 Å². The lowest BCUT2D eigenvalue weighted by molar-refractivity contribution is 0.0988. The first-order valence-corrected chi connectivity index (χ1v) is 7.18. The van der Waals surface area contributed by atoms with Gasteiger partial charge in [0.15, 0.2) is 0 Å². The van der Waals surface area contributed by atoms with Crippen LogP contribution >= 0.6 is 0 Å². The molecule has 1 heterocycles. The zero-order valence-electron chi connectivity index (χ0n) is 11.0. The molecular formula is C14H28N2. The second-order valence-electron chi connectivity index (χ2n) is 6.06. The highest BCUT2D eigenvalue weighted by Crippen LogP contribution is 2.29. The van der Waals surface area contributed by atoms with Crippen LogP contribution in [0.3, 0.4) is 0 Å². The highest BCUT2D eigenvalue weighted by atomic mass is 15.2. The van der Waals surface area contributed by atoms with Crippen LogP contribution in [0.4, 0.5) is 0 Å². The van der Waals surface area contributed by atoms with Crippen LogP contribution in [0.5, 0.6) is 0 Å². The van der Waals surface area contributed by atoms with E-state index in [1.165, 1.54) is 45.1 Å². The van der Waals surface area contributed by atoms with Gasteiger partial charge in [-0.1, -0.05) is 19.8 Å². The second kappa shape index (κ2) is 5.50. The Kier molecular flexibility index (Phi) is 4.26. The second-order valence-corrected chi connectivity index (χ2v) is 6.06. The Morgan fingerprint density at radius 3 is 2.50 bits per heavy atom. The van der Waals surface area contributed by atoms with Crippen LogP contribution in [0.15, 0.2) is 0 Å². The number of nitrogens with two attached hydrogens (primary N) is 1. The van der Waals surface area contributed by atoms with Gasteiger partial charge < -0.3 is 5.73 Å². The van der Waals surface area contributed by atoms with Crippen LogP contribution in [0.2, 0.25) is 0 Å². The van der Waals surface area contributed by atoms with E-state index in [4.69, 9.17) is 5.73 Å². The highest BCUT2D eigenvalue weighted by Gasteiger charge is 2.29. The fourth-order valence-electron chi connectivity index (χ4n) is 3.48. The lowest BCUT2D eigenvalue weighted by Gasteiger charge is -2.40. The van der Waals surface area contributed by atoms with Crippen molar-refractivity contribution in [3.63, 3.8) is 0 Å². The Bertz CT molecular complexity index is 211. The molecule has 0 aromatic rings. The van der Waals surface area contributed by atoms with Gasteiger partial charge in [0, 0.05) is 18.6 Å². The number of hydrogen-bond acceptors (Lipinski definition) is 2. The van der Waals surface area contributed by atoms with Crippen molar-refractivity contribution >= 4 is 0 Å². The van der Waals surface area contributed by atoms with Gasteiger partial charge in [-0.25, -0.2) is 0 Å². The van der Waals surface area contributed by atoms with Gasteiger partial charge in [0.1, 0.15) is 0 Å². The molecule has 2 fully saturated rings. The molecule has 16 heavy (non-hydrogen) atoms. The van der Waals surface area contributed by atoms with Crippen LogP contribution in [0.25, 0.3) is 0 Å². The average molecular weight is 224 g/mol. The van der Waals surface area contributed by atoms with Crippen LogP contribution < -0.4 is 5.73 Å². The van der Waals surface area contributed by atoms with E-state index >= 15 is 0 Å². The largest absolute Gasteiger partial charge is 0.326 e. The first-order valence-electron chi connectivity index (χ1n) is 7.18. The van der Waals surface area contributed by atoms with Crippen molar-refractivity contribution in [3.8, 4) is 0 Å². The molecule has 1 saturated carbocycles. The first kappa shape index (κ1) is 12.4. The first-order chi connectivity index (χ1) is 7.68. The van der Waals surface area contributed by atoms with Gasteiger partial charge in [0.2, 0.25) is 0 Å². The maximum absolute atomic E-state index is 6.38. The standard InChI is InChI=1S/C14H28N2/c1-11-6-5-9-16(12(11)2)10-14(15)13-7-3-4-8-13/h11-14H,3-10,15H2,1-2H3. The molecule has 0 aromatic carbocycles. The molecule has 0 amide bonds. The molecule has 3 unspecified atom stereocenters. The van der Waals surface area contributed by atoms with E-state index in [1.54, 1.807) is 0 Å². The highest BCUT2D eigenvalue weighted by molar-refractivity contribution is 4.85. The third-order valence-electron chi connectivity index (χ3n) is 4.95. The molecule has 1 aliphatic carbocycles. The summed E-state index contributed by atoms with van der Waals surface area (Å²) in [5.74, 6) is 1.66. The number of piperidine rings is 1. The minimum atomic E-state index is 0.426. The maximum atomic E-state index is 6.38. The van der Waals surface area contributed by atoms with Gasteiger partial charge in [0.25, 0.3) is 0 Å². The zero-order valence-corrected chi connectivity index (χ0v) is 11.0. The summed E-state index contributed by atoms with van der Waals surface area (Å²) >= 11 is 0. The number of hydrogen-bond donors (Lipinski definition) is 1. The molecule has 2 nitrogen and oxygen atoms in total. The molecule has 0 bridgehead atoms. The van der Waals surface area contributed by atoms with Crippen molar-refractivity contribution in [2.24, 2.45) is 17.6 Å². The Hall–Kier alpha value is -0.0800. The molecular weight excluding hydrogens is 196 g/mol. The van der Waals surface area contributed by atoms with Crippen LogP contribution in [0, 0.1) is 11.8 Å².